The molecule has 0 spiro atoms. The molecule has 168 valence electrons. The van der Waals surface area contributed by atoms with Crippen molar-refractivity contribution in [3.05, 3.63) is 83.7 Å². The van der Waals surface area contributed by atoms with Gasteiger partial charge in [-0.15, -0.1) is 0 Å². The lowest BCUT2D eigenvalue weighted by molar-refractivity contribution is 0.0737. The molecule has 5 rings (SSSR count). The first-order chi connectivity index (χ1) is 16.1. The minimum absolute atomic E-state index is 0.0741. The van der Waals surface area contributed by atoms with E-state index in [0.717, 1.165) is 17.1 Å². The smallest absolute Gasteiger partial charge is 0.272 e. The molecule has 0 atom stereocenters. The summed E-state index contributed by atoms with van der Waals surface area (Å²) in [5.74, 6) is 1.37. The number of hydrogen-bond acceptors (Lipinski definition) is 5. The van der Waals surface area contributed by atoms with Gasteiger partial charge >= 0.3 is 0 Å². The average molecular weight is 463 g/mol. The van der Waals surface area contributed by atoms with E-state index in [9.17, 15) is 4.79 Å². The SMILES string of the molecule is COc1ccccc1N1CCN(C(=O)c2cc(-c3ccco3)nn2-c2ccc(Cl)cc2)CC1. The number of carbonyl (C=O) groups is 1. The second kappa shape index (κ2) is 9.03. The second-order valence-electron chi connectivity index (χ2n) is 7.73. The third-order valence-electron chi connectivity index (χ3n) is 5.77. The highest BCUT2D eigenvalue weighted by Crippen LogP contribution is 2.29. The van der Waals surface area contributed by atoms with E-state index in [1.807, 2.05) is 47.4 Å². The first kappa shape index (κ1) is 21.2. The molecule has 0 unspecified atom stereocenters. The fraction of sp³-hybridized carbons (Fsp3) is 0.200. The van der Waals surface area contributed by atoms with Gasteiger partial charge in [0.05, 0.1) is 24.7 Å². The van der Waals surface area contributed by atoms with Crippen LogP contribution in [0.1, 0.15) is 10.5 Å². The first-order valence-electron chi connectivity index (χ1n) is 10.7. The molecule has 2 aromatic heterocycles. The summed E-state index contributed by atoms with van der Waals surface area (Å²) in [6, 6.07) is 20.6. The molecular weight excluding hydrogens is 440 g/mol. The van der Waals surface area contributed by atoms with E-state index in [-0.39, 0.29) is 5.91 Å². The molecule has 8 heteroatoms. The van der Waals surface area contributed by atoms with Crippen LogP contribution in [0, 0.1) is 0 Å². The van der Waals surface area contributed by atoms with Crippen LogP contribution in [-0.2, 0) is 0 Å². The van der Waals surface area contributed by atoms with E-state index < -0.39 is 0 Å². The van der Waals surface area contributed by atoms with E-state index in [1.54, 1.807) is 42.3 Å². The topological polar surface area (TPSA) is 63.7 Å². The molecule has 1 fully saturated rings. The number of hydrogen-bond donors (Lipinski definition) is 0. The number of nitrogens with zero attached hydrogens (tertiary/aromatic N) is 4. The van der Waals surface area contributed by atoms with Gasteiger partial charge in [0.2, 0.25) is 0 Å². The summed E-state index contributed by atoms with van der Waals surface area (Å²) >= 11 is 6.06. The van der Waals surface area contributed by atoms with Crippen LogP contribution in [0.2, 0.25) is 5.02 Å². The summed E-state index contributed by atoms with van der Waals surface area (Å²) in [4.78, 5) is 17.7. The van der Waals surface area contributed by atoms with Gasteiger partial charge in [0, 0.05) is 37.3 Å². The van der Waals surface area contributed by atoms with Gasteiger partial charge in [-0.25, -0.2) is 4.68 Å². The Balaban J connectivity index is 1.41. The van der Waals surface area contributed by atoms with Crippen molar-refractivity contribution in [3.63, 3.8) is 0 Å². The standard InChI is InChI=1S/C25H23ClN4O3/c1-32-24-6-3-2-5-21(24)28-12-14-29(15-13-28)25(31)22-17-20(23-7-4-16-33-23)27-30(22)19-10-8-18(26)9-11-19/h2-11,16-17H,12-15H2,1H3. The van der Waals surface area contributed by atoms with Crippen LogP contribution in [0.4, 0.5) is 5.69 Å². The number of anilines is 1. The fourth-order valence-electron chi connectivity index (χ4n) is 4.06. The molecule has 0 bridgehead atoms. The highest BCUT2D eigenvalue weighted by molar-refractivity contribution is 6.30. The number of methoxy groups -OCH3 is 1. The number of halogens is 1. The van der Waals surface area contributed by atoms with Crippen molar-refractivity contribution in [1.29, 1.82) is 0 Å². The zero-order valence-corrected chi connectivity index (χ0v) is 18.9. The minimum atomic E-state index is -0.0741. The molecule has 1 aliphatic heterocycles. The van der Waals surface area contributed by atoms with Gasteiger partial charge in [0.15, 0.2) is 5.76 Å². The summed E-state index contributed by atoms with van der Waals surface area (Å²) < 4.78 is 12.7. The van der Waals surface area contributed by atoms with Crippen molar-refractivity contribution < 1.29 is 13.9 Å². The normalized spacial score (nSPS) is 13.9. The Labute approximate surface area is 196 Å². The summed E-state index contributed by atoms with van der Waals surface area (Å²) in [5.41, 5.74) is 2.88. The highest BCUT2D eigenvalue weighted by atomic mass is 35.5. The Kier molecular flexibility index (Phi) is 5.79. The Bertz CT molecular complexity index is 1240. The van der Waals surface area contributed by atoms with E-state index in [2.05, 4.69) is 10.00 Å². The monoisotopic (exact) mass is 462 g/mol. The molecule has 0 radical (unpaired) electrons. The zero-order chi connectivity index (χ0) is 22.8. The molecule has 3 heterocycles. The molecule has 7 nitrogen and oxygen atoms in total. The number of carbonyl (C=O) groups excluding carboxylic acids is 1. The second-order valence-corrected chi connectivity index (χ2v) is 8.17. The number of ether oxygens (including phenoxy) is 1. The molecule has 0 saturated carbocycles. The van der Waals surface area contributed by atoms with E-state index in [4.69, 9.17) is 20.8 Å². The van der Waals surface area contributed by atoms with E-state index in [0.29, 0.717) is 48.3 Å². The number of rotatable bonds is 5. The van der Waals surface area contributed by atoms with Gasteiger partial charge in [0.25, 0.3) is 5.91 Å². The molecule has 1 aliphatic rings. The molecule has 1 saturated heterocycles. The number of para-hydroxylation sites is 2. The summed E-state index contributed by atoms with van der Waals surface area (Å²) in [5, 5.41) is 5.28. The first-order valence-corrected chi connectivity index (χ1v) is 11.1. The largest absolute Gasteiger partial charge is 0.495 e. The van der Waals surface area contributed by atoms with Crippen molar-refractivity contribution in [3.8, 4) is 22.9 Å². The van der Waals surface area contributed by atoms with Gasteiger partial charge in [-0.1, -0.05) is 23.7 Å². The lowest BCUT2D eigenvalue weighted by Gasteiger charge is -2.36. The number of aromatic nitrogens is 2. The van der Waals surface area contributed by atoms with Gasteiger partial charge < -0.3 is 19.0 Å². The quantitative estimate of drug-likeness (QED) is 0.428. The van der Waals surface area contributed by atoms with Crippen LogP contribution < -0.4 is 9.64 Å². The number of piperazine rings is 1. The summed E-state index contributed by atoms with van der Waals surface area (Å²) in [6.45, 7) is 2.62. The van der Waals surface area contributed by atoms with Crippen LogP contribution in [0.3, 0.4) is 0 Å². The molecule has 1 amide bonds. The lowest BCUT2D eigenvalue weighted by Crippen LogP contribution is -2.49. The average Bonchev–Trinajstić information content (AvgIpc) is 3.55. The molecule has 33 heavy (non-hydrogen) atoms. The predicted molar refractivity (Wildman–Crippen MR) is 127 cm³/mol. The number of benzene rings is 2. The van der Waals surface area contributed by atoms with Crippen molar-refractivity contribution in [2.45, 2.75) is 0 Å². The maximum atomic E-state index is 13.6. The minimum Gasteiger partial charge on any atom is -0.495 e. The molecule has 2 aromatic carbocycles. The summed E-state index contributed by atoms with van der Waals surface area (Å²) in [7, 11) is 1.67. The van der Waals surface area contributed by atoms with Crippen LogP contribution in [0.15, 0.2) is 77.4 Å². The van der Waals surface area contributed by atoms with E-state index in [1.165, 1.54) is 0 Å². The van der Waals surface area contributed by atoms with Gasteiger partial charge in [-0.2, -0.15) is 5.10 Å². The van der Waals surface area contributed by atoms with Crippen LogP contribution in [-0.4, -0.2) is 53.9 Å². The number of amides is 1. The molecule has 0 N–H and O–H groups in total. The predicted octanol–water partition coefficient (Wildman–Crippen LogP) is 4.76. The Morgan fingerprint density at radius 1 is 1.00 bits per heavy atom. The lowest BCUT2D eigenvalue weighted by atomic mass is 10.2. The van der Waals surface area contributed by atoms with Crippen LogP contribution in [0.5, 0.6) is 5.75 Å². The zero-order valence-electron chi connectivity index (χ0n) is 18.1. The highest BCUT2D eigenvalue weighted by Gasteiger charge is 2.27. The Morgan fingerprint density at radius 3 is 2.45 bits per heavy atom. The number of furan rings is 1. The van der Waals surface area contributed by atoms with Gasteiger partial charge in [-0.3, -0.25) is 4.79 Å². The molecule has 0 aliphatic carbocycles. The maximum Gasteiger partial charge on any atom is 0.272 e. The summed E-state index contributed by atoms with van der Waals surface area (Å²) in [6.07, 6.45) is 1.59. The Morgan fingerprint density at radius 2 is 1.76 bits per heavy atom. The molecular formula is C25H23ClN4O3. The third-order valence-corrected chi connectivity index (χ3v) is 6.02. The fourth-order valence-corrected chi connectivity index (χ4v) is 4.19. The van der Waals surface area contributed by atoms with Crippen molar-refractivity contribution in [2.24, 2.45) is 0 Å². The van der Waals surface area contributed by atoms with Crippen molar-refractivity contribution >= 4 is 23.2 Å². The molecule has 4 aromatic rings. The van der Waals surface area contributed by atoms with Crippen molar-refractivity contribution in [1.82, 2.24) is 14.7 Å². The maximum absolute atomic E-state index is 13.6. The van der Waals surface area contributed by atoms with Crippen molar-refractivity contribution in [2.75, 3.05) is 38.2 Å². The van der Waals surface area contributed by atoms with Gasteiger partial charge in [-0.05, 0) is 48.5 Å². The van der Waals surface area contributed by atoms with E-state index >= 15 is 0 Å². The third kappa shape index (κ3) is 4.19. The van der Waals surface area contributed by atoms with Crippen LogP contribution >= 0.6 is 11.6 Å². The van der Waals surface area contributed by atoms with Gasteiger partial charge in [0.1, 0.15) is 17.1 Å². The van der Waals surface area contributed by atoms with Crippen LogP contribution in [0.25, 0.3) is 17.1 Å². The Hall–Kier alpha value is -3.71.